The van der Waals surface area contributed by atoms with Gasteiger partial charge in [-0.2, -0.15) is 0 Å². The van der Waals surface area contributed by atoms with Gasteiger partial charge in [0.1, 0.15) is 36.9 Å². The predicted octanol–water partition coefficient (Wildman–Crippen LogP) is 9.86. The summed E-state index contributed by atoms with van der Waals surface area (Å²) in [6.45, 7) is 6.01. The maximum atomic E-state index is 13.2. The molecule has 0 spiro atoms. The zero-order chi connectivity index (χ0) is 33.9. The van der Waals surface area contributed by atoms with Crippen molar-refractivity contribution in [2.75, 3.05) is 13.2 Å². The van der Waals surface area contributed by atoms with Gasteiger partial charge in [-0.25, -0.2) is 9.59 Å². The normalized spacial score (nSPS) is 12.6. The second-order valence-electron chi connectivity index (χ2n) is 12.4. The predicted molar refractivity (Wildman–Crippen MR) is 195 cm³/mol. The van der Waals surface area contributed by atoms with Gasteiger partial charge in [0.15, 0.2) is 0 Å². The van der Waals surface area contributed by atoms with Gasteiger partial charge in [0.2, 0.25) is 0 Å². The van der Waals surface area contributed by atoms with Gasteiger partial charge >= 0.3 is 11.9 Å². The first-order valence-electron chi connectivity index (χ1n) is 16.5. The van der Waals surface area contributed by atoms with Gasteiger partial charge < -0.3 is 18.9 Å². The number of carbonyl (C=O) groups excluding carboxylic acids is 2. The first-order chi connectivity index (χ1) is 23.9. The van der Waals surface area contributed by atoms with E-state index in [4.69, 9.17) is 18.9 Å². The summed E-state index contributed by atoms with van der Waals surface area (Å²) in [5.41, 5.74) is 2.11. The van der Waals surface area contributed by atoms with Gasteiger partial charge in [0.25, 0.3) is 0 Å². The van der Waals surface area contributed by atoms with Crippen LogP contribution in [-0.4, -0.2) is 37.4 Å². The van der Waals surface area contributed by atoms with E-state index >= 15 is 0 Å². The Bertz CT molecular complexity index is 2330. The number of hydrogen-bond acceptors (Lipinski definition) is 6. The summed E-state index contributed by atoms with van der Waals surface area (Å²) in [5.74, 6) is 0.585. The lowest BCUT2D eigenvalue weighted by Crippen LogP contribution is -2.23. The molecule has 0 fully saturated rings. The Morgan fingerprint density at radius 1 is 0.490 bits per heavy atom. The standard InChI is InChI=1S/C43H36O6/c1-27-22-23-36-39(24-27)41(47-26-29(3)49-43(45)38-21-11-15-31-13-5-7-17-33(31)38)35-19-9-8-18-34(35)40(36)46-25-28(2)48-42(44)37-20-10-14-30-12-4-6-16-32(30)37/h4-24,28-29H,25-26H2,1-3H3. The summed E-state index contributed by atoms with van der Waals surface area (Å²) in [5, 5.41) is 7.13. The van der Waals surface area contributed by atoms with Gasteiger partial charge in [-0.05, 0) is 60.5 Å². The largest absolute Gasteiger partial charge is 0.488 e. The van der Waals surface area contributed by atoms with Gasteiger partial charge in [0.05, 0.1) is 11.1 Å². The molecule has 0 amide bonds. The molecule has 244 valence electrons. The monoisotopic (exact) mass is 648 g/mol. The van der Waals surface area contributed by atoms with Crippen LogP contribution in [-0.2, 0) is 9.47 Å². The maximum Gasteiger partial charge on any atom is 0.339 e. The molecule has 0 aliphatic carbocycles. The van der Waals surface area contributed by atoms with Crippen molar-refractivity contribution in [2.24, 2.45) is 0 Å². The van der Waals surface area contributed by atoms with Crippen LogP contribution in [0.1, 0.15) is 40.1 Å². The van der Waals surface area contributed by atoms with Crippen molar-refractivity contribution in [1.29, 1.82) is 0 Å². The Kier molecular flexibility index (Phi) is 8.86. The van der Waals surface area contributed by atoms with E-state index in [0.717, 1.165) is 48.7 Å². The molecule has 0 radical (unpaired) electrons. The minimum absolute atomic E-state index is 0.158. The minimum atomic E-state index is -0.515. The van der Waals surface area contributed by atoms with Crippen molar-refractivity contribution in [3.05, 3.63) is 144 Å². The molecule has 0 aliphatic heterocycles. The first kappa shape index (κ1) is 31.7. The van der Waals surface area contributed by atoms with E-state index in [1.807, 2.05) is 130 Å². The highest BCUT2D eigenvalue weighted by Crippen LogP contribution is 2.43. The molecule has 0 saturated heterocycles. The Hall–Kier alpha value is -5.88. The Morgan fingerprint density at radius 2 is 0.898 bits per heavy atom. The number of ether oxygens (including phenoxy) is 4. The van der Waals surface area contributed by atoms with Crippen LogP contribution in [0.3, 0.4) is 0 Å². The summed E-state index contributed by atoms with van der Waals surface area (Å²) >= 11 is 0. The van der Waals surface area contributed by atoms with E-state index in [0.29, 0.717) is 22.6 Å². The van der Waals surface area contributed by atoms with E-state index in [1.54, 1.807) is 12.1 Å². The zero-order valence-corrected chi connectivity index (χ0v) is 27.6. The van der Waals surface area contributed by atoms with Gasteiger partial charge in [-0.3, -0.25) is 0 Å². The molecule has 6 heteroatoms. The van der Waals surface area contributed by atoms with Crippen molar-refractivity contribution in [1.82, 2.24) is 0 Å². The molecule has 0 heterocycles. The van der Waals surface area contributed by atoms with Gasteiger partial charge in [-0.15, -0.1) is 0 Å². The van der Waals surface area contributed by atoms with Crippen LogP contribution in [0.2, 0.25) is 0 Å². The van der Waals surface area contributed by atoms with E-state index < -0.39 is 24.1 Å². The Morgan fingerprint density at radius 3 is 1.41 bits per heavy atom. The van der Waals surface area contributed by atoms with Crippen molar-refractivity contribution in [3.8, 4) is 11.5 Å². The third kappa shape index (κ3) is 6.50. The van der Waals surface area contributed by atoms with Crippen LogP contribution < -0.4 is 9.47 Å². The van der Waals surface area contributed by atoms with Crippen molar-refractivity contribution in [2.45, 2.75) is 33.0 Å². The maximum absolute atomic E-state index is 13.2. The third-order valence-electron chi connectivity index (χ3n) is 8.64. The average Bonchev–Trinajstić information content (AvgIpc) is 3.12. The van der Waals surface area contributed by atoms with Crippen molar-refractivity contribution < 1.29 is 28.5 Å². The Labute approximate surface area is 284 Å². The fourth-order valence-electron chi connectivity index (χ4n) is 6.29. The fourth-order valence-corrected chi connectivity index (χ4v) is 6.29. The van der Waals surface area contributed by atoms with E-state index in [1.165, 1.54) is 0 Å². The highest BCUT2D eigenvalue weighted by molar-refractivity contribution is 6.11. The van der Waals surface area contributed by atoms with Crippen LogP contribution in [0.15, 0.2) is 127 Å². The molecule has 49 heavy (non-hydrogen) atoms. The topological polar surface area (TPSA) is 71.1 Å². The zero-order valence-electron chi connectivity index (χ0n) is 27.6. The summed E-state index contributed by atoms with van der Waals surface area (Å²) in [6, 6.07) is 40.8. The number of benzene rings is 7. The summed E-state index contributed by atoms with van der Waals surface area (Å²) in [6.07, 6.45) is -1.03. The molecule has 0 aromatic heterocycles. The van der Waals surface area contributed by atoms with E-state index in [-0.39, 0.29) is 13.2 Å². The molecule has 2 atom stereocenters. The van der Waals surface area contributed by atoms with Crippen LogP contribution in [0.5, 0.6) is 11.5 Å². The molecular formula is C43H36O6. The van der Waals surface area contributed by atoms with Crippen LogP contribution in [0, 0.1) is 6.92 Å². The average molecular weight is 649 g/mol. The number of esters is 2. The van der Waals surface area contributed by atoms with Crippen LogP contribution in [0.4, 0.5) is 0 Å². The summed E-state index contributed by atoms with van der Waals surface area (Å²) < 4.78 is 24.7. The van der Waals surface area contributed by atoms with Gasteiger partial charge in [-0.1, -0.05) is 115 Å². The molecule has 7 aromatic carbocycles. The van der Waals surface area contributed by atoms with Crippen molar-refractivity contribution >= 4 is 55.0 Å². The Balaban J connectivity index is 1.11. The summed E-state index contributed by atoms with van der Waals surface area (Å²) in [7, 11) is 0. The lowest BCUT2D eigenvalue weighted by molar-refractivity contribution is 0.0224. The lowest BCUT2D eigenvalue weighted by Gasteiger charge is -2.21. The number of fused-ring (bicyclic) bond motifs is 4. The fraction of sp³-hybridized carbons (Fsp3) is 0.163. The molecular weight excluding hydrogens is 612 g/mol. The number of rotatable bonds is 10. The smallest absolute Gasteiger partial charge is 0.339 e. The van der Waals surface area contributed by atoms with Crippen LogP contribution in [0.25, 0.3) is 43.1 Å². The third-order valence-corrected chi connectivity index (χ3v) is 8.64. The number of carbonyl (C=O) groups is 2. The second-order valence-corrected chi connectivity index (χ2v) is 12.4. The highest BCUT2D eigenvalue weighted by atomic mass is 16.6. The van der Waals surface area contributed by atoms with E-state index in [9.17, 15) is 9.59 Å². The van der Waals surface area contributed by atoms with Crippen LogP contribution >= 0.6 is 0 Å². The quantitative estimate of drug-likeness (QED) is 0.109. The molecule has 7 aromatic rings. The molecule has 7 rings (SSSR count). The molecule has 0 saturated carbocycles. The van der Waals surface area contributed by atoms with E-state index in [2.05, 4.69) is 6.07 Å². The molecule has 2 unspecified atom stereocenters. The molecule has 0 aliphatic rings. The lowest BCUT2D eigenvalue weighted by atomic mass is 9.99. The minimum Gasteiger partial charge on any atom is -0.488 e. The number of aryl methyl sites for hydroxylation is 1. The first-order valence-corrected chi connectivity index (χ1v) is 16.5. The molecule has 0 bridgehead atoms. The summed E-state index contributed by atoms with van der Waals surface area (Å²) in [4.78, 5) is 26.4. The van der Waals surface area contributed by atoms with Gasteiger partial charge in [0, 0.05) is 21.5 Å². The molecule has 0 N–H and O–H groups in total. The SMILES string of the molecule is Cc1ccc2c(OCC(C)OC(=O)c3cccc4ccccc34)c3ccccc3c(OCC(C)OC(=O)c3cccc4ccccc34)c2c1. The highest BCUT2D eigenvalue weighted by Gasteiger charge is 2.21. The van der Waals surface area contributed by atoms with Crippen molar-refractivity contribution in [3.63, 3.8) is 0 Å². The molecule has 6 nitrogen and oxygen atoms in total. The second kappa shape index (κ2) is 13.7. The number of hydrogen-bond donors (Lipinski definition) is 0.